The van der Waals surface area contributed by atoms with Crippen molar-refractivity contribution in [2.75, 3.05) is 18.0 Å². The fraction of sp³-hybridized carbons (Fsp3) is 0.194. The Bertz CT molecular complexity index is 1680. The van der Waals surface area contributed by atoms with Gasteiger partial charge in [0.1, 0.15) is 24.8 Å². The SMILES string of the molecule is Fc1cc(Cl)ccc1C1CCN(c2ccc(-c3ccc(OCc4ccccc4)nc3OCc3ccccc3)cc2F)CC1. The Hall–Kier alpha value is -4.42. The highest BCUT2D eigenvalue weighted by Crippen LogP contribution is 2.37. The molecular formula is C36H31ClF2N2O2. The van der Waals surface area contributed by atoms with E-state index in [2.05, 4.69) is 4.98 Å². The van der Waals surface area contributed by atoms with Crippen LogP contribution in [-0.2, 0) is 13.2 Å². The molecule has 0 atom stereocenters. The fourth-order valence-electron chi connectivity index (χ4n) is 5.49. The topological polar surface area (TPSA) is 34.6 Å². The van der Waals surface area contributed by atoms with Crippen LogP contribution in [0.2, 0.25) is 5.02 Å². The van der Waals surface area contributed by atoms with Crippen molar-refractivity contribution < 1.29 is 18.3 Å². The smallest absolute Gasteiger partial charge is 0.225 e. The van der Waals surface area contributed by atoms with E-state index in [1.165, 1.54) is 12.1 Å². The zero-order chi connectivity index (χ0) is 29.6. The lowest BCUT2D eigenvalue weighted by Gasteiger charge is -2.34. The van der Waals surface area contributed by atoms with Crippen molar-refractivity contribution in [3.05, 3.63) is 143 Å². The molecule has 0 saturated carbocycles. The molecule has 2 heterocycles. The van der Waals surface area contributed by atoms with E-state index in [-0.39, 0.29) is 17.6 Å². The molecule has 43 heavy (non-hydrogen) atoms. The summed E-state index contributed by atoms with van der Waals surface area (Å²) >= 11 is 5.93. The third-order valence-corrected chi connectivity index (χ3v) is 8.01. The molecule has 1 aliphatic heterocycles. The van der Waals surface area contributed by atoms with E-state index in [9.17, 15) is 4.39 Å². The maximum absolute atomic E-state index is 15.6. The van der Waals surface area contributed by atoms with Crippen molar-refractivity contribution >= 4 is 17.3 Å². The highest BCUT2D eigenvalue weighted by atomic mass is 35.5. The average molecular weight is 597 g/mol. The summed E-state index contributed by atoms with van der Waals surface area (Å²) < 4.78 is 42.2. The minimum atomic E-state index is -0.327. The van der Waals surface area contributed by atoms with Gasteiger partial charge >= 0.3 is 0 Å². The molecule has 0 unspecified atom stereocenters. The van der Waals surface area contributed by atoms with Gasteiger partial charge in [0.2, 0.25) is 11.8 Å². The number of anilines is 1. The van der Waals surface area contributed by atoms with E-state index < -0.39 is 0 Å². The van der Waals surface area contributed by atoms with E-state index in [4.69, 9.17) is 21.1 Å². The monoisotopic (exact) mass is 596 g/mol. The first-order valence-electron chi connectivity index (χ1n) is 14.4. The summed E-state index contributed by atoms with van der Waals surface area (Å²) in [5.74, 6) is 0.262. The normalized spacial score (nSPS) is 13.6. The van der Waals surface area contributed by atoms with Gasteiger partial charge in [-0.25, -0.2) is 8.78 Å². The largest absolute Gasteiger partial charge is 0.473 e. The third-order valence-electron chi connectivity index (χ3n) is 7.78. The van der Waals surface area contributed by atoms with Crippen LogP contribution in [0.5, 0.6) is 11.8 Å². The Morgan fingerprint density at radius 3 is 2.05 bits per heavy atom. The van der Waals surface area contributed by atoms with Gasteiger partial charge < -0.3 is 14.4 Å². The number of nitrogens with zero attached hydrogens (tertiary/aromatic N) is 2. The highest BCUT2D eigenvalue weighted by Gasteiger charge is 2.25. The second kappa shape index (κ2) is 13.3. The van der Waals surface area contributed by atoms with Gasteiger partial charge in [0, 0.05) is 29.7 Å². The molecule has 1 fully saturated rings. The number of ether oxygens (including phenoxy) is 2. The number of piperidine rings is 1. The first kappa shape index (κ1) is 28.7. The van der Waals surface area contributed by atoms with Crippen LogP contribution in [0.15, 0.2) is 109 Å². The standard InChI is InChI=1S/C36H31ClF2N2O2/c37-29-12-13-30(32(38)22-29)27-17-19-41(20-18-27)34-15-11-28(21-33(34)39)31-14-16-35(42-23-25-7-3-1-4-8-25)40-36(31)43-24-26-9-5-2-6-10-26/h1-16,21-22,27H,17-20,23-24H2. The number of aromatic nitrogens is 1. The Morgan fingerprint density at radius 1 is 0.721 bits per heavy atom. The Balaban J connectivity index is 1.20. The number of benzene rings is 4. The van der Waals surface area contributed by atoms with Gasteiger partial charge in [-0.15, -0.1) is 0 Å². The van der Waals surface area contributed by atoms with Crippen LogP contribution < -0.4 is 14.4 Å². The van der Waals surface area contributed by atoms with Gasteiger partial charge in [-0.3, -0.25) is 0 Å². The van der Waals surface area contributed by atoms with E-state index in [0.717, 1.165) is 24.0 Å². The van der Waals surface area contributed by atoms with Gasteiger partial charge in [0.25, 0.3) is 0 Å². The maximum Gasteiger partial charge on any atom is 0.225 e. The molecule has 1 saturated heterocycles. The van der Waals surface area contributed by atoms with E-state index >= 15 is 4.39 Å². The number of hydrogen-bond acceptors (Lipinski definition) is 4. The number of rotatable bonds is 9. The van der Waals surface area contributed by atoms with Crippen molar-refractivity contribution in [2.24, 2.45) is 0 Å². The molecule has 4 nitrogen and oxygen atoms in total. The Morgan fingerprint density at radius 2 is 1.40 bits per heavy atom. The van der Waals surface area contributed by atoms with Crippen molar-refractivity contribution in [2.45, 2.75) is 32.0 Å². The molecule has 0 N–H and O–H groups in total. The van der Waals surface area contributed by atoms with Gasteiger partial charge in [0.05, 0.1) is 5.69 Å². The summed E-state index contributed by atoms with van der Waals surface area (Å²) in [4.78, 5) is 6.68. The minimum absolute atomic E-state index is 0.0777. The van der Waals surface area contributed by atoms with Crippen LogP contribution >= 0.6 is 11.6 Å². The maximum atomic E-state index is 15.6. The molecule has 1 aromatic heterocycles. The molecule has 218 valence electrons. The van der Waals surface area contributed by atoms with Crippen LogP contribution in [-0.4, -0.2) is 18.1 Å². The van der Waals surface area contributed by atoms with Crippen LogP contribution in [0.3, 0.4) is 0 Å². The lowest BCUT2D eigenvalue weighted by Crippen LogP contribution is -2.33. The predicted molar refractivity (Wildman–Crippen MR) is 167 cm³/mol. The average Bonchev–Trinajstić information content (AvgIpc) is 3.04. The molecule has 1 aliphatic rings. The third kappa shape index (κ3) is 6.98. The van der Waals surface area contributed by atoms with Crippen molar-refractivity contribution in [1.29, 1.82) is 0 Å². The second-order valence-electron chi connectivity index (χ2n) is 10.6. The molecule has 7 heteroatoms. The van der Waals surface area contributed by atoms with Crippen molar-refractivity contribution in [3.8, 4) is 22.9 Å². The molecule has 5 aromatic rings. The molecular weight excluding hydrogens is 566 g/mol. The van der Waals surface area contributed by atoms with E-state index in [0.29, 0.717) is 65.5 Å². The summed E-state index contributed by atoms with van der Waals surface area (Å²) in [6.07, 6.45) is 1.46. The summed E-state index contributed by atoms with van der Waals surface area (Å²) in [5, 5.41) is 0.388. The highest BCUT2D eigenvalue weighted by molar-refractivity contribution is 6.30. The summed E-state index contributed by atoms with van der Waals surface area (Å²) in [6, 6.07) is 33.4. The second-order valence-corrected chi connectivity index (χ2v) is 11.1. The first-order chi connectivity index (χ1) is 21.0. The molecule has 4 aromatic carbocycles. The predicted octanol–water partition coefficient (Wildman–Crippen LogP) is 9.22. The van der Waals surface area contributed by atoms with E-state index in [1.54, 1.807) is 24.3 Å². The minimum Gasteiger partial charge on any atom is -0.473 e. The van der Waals surface area contributed by atoms with Crippen LogP contribution in [0.1, 0.15) is 35.4 Å². The van der Waals surface area contributed by atoms with Crippen LogP contribution in [0.25, 0.3) is 11.1 Å². The molecule has 0 aliphatic carbocycles. The van der Waals surface area contributed by atoms with Gasteiger partial charge in [-0.2, -0.15) is 4.98 Å². The number of pyridine rings is 1. The fourth-order valence-corrected chi connectivity index (χ4v) is 5.64. The number of halogens is 3. The summed E-state index contributed by atoms with van der Waals surface area (Å²) in [6.45, 7) is 1.94. The number of hydrogen-bond donors (Lipinski definition) is 0. The first-order valence-corrected chi connectivity index (χ1v) is 14.8. The lowest BCUT2D eigenvalue weighted by molar-refractivity contribution is 0.268. The Labute approximate surface area is 255 Å². The van der Waals surface area contributed by atoms with Crippen molar-refractivity contribution in [1.82, 2.24) is 4.98 Å². The van der Waals surface area contributed by atoms with Crippen LogP contribution in [0, 0.1) is 11.6 Å². The molecule has 0 radical (unpaired) electrons. The molecule has 0 bridgehead atoms. The quantitative estimate of drug-likeness (QED) is 0.170. The van der Waals surface area contributed by atoms with Crippen LogP contribution in [0.4, 0.5) is 14.5 Å². The van der Waals surface area contributed by atoms with Gasteiger partial charge in [0.15, 0.2) is 0 Å². The lowest BCUT2D eigenvalue weighted by atomic mass is 9.89. The van der Waals surface area contributed by atoms with Gasteiger partial charge in [-0.1, -0.05) is 84.4 Å². The molecule has 0 amide bonds. The van der Waals surface area contributed by atoms with E-state index in [1.807, 2.05) is 77.7 Å². The van der Waals surface area contributed by atoms with Gasteiger partial charge in [-0.05, 0) is 71.3 Å². The summed E-state index contributed by atoms with van der Waals surface area (Å²) in [7, 11) is 0. The summed E-state index contributed by atoms with van der Waals surface area (Å²) in [5.41, 5.74) is 4.55. The van der Waals surface area contributed by atoms with Crippen molar-refractivity contribution in [3.63, 3.8) is 0 Å². The zero-order valence-corrected chi connectivity index (χ0v) is 24.3. The Kier molecular flexibility index (Phi) is 8.85. The molecule has 6 rings (SSSR count). The zero-order valence-electron chi connectivity index (χ0n) is 23.6. The molecule has 0 spiro atoms.